The predicted molar refractivity (Wildman–Crippen MR) is 92.6 cm³/mol. The van der Waals surface area contributed by atoms with Crippen LogP contribution in [0.2, 0.25) is 0 Å². The average molecular weight is 306 g/mol. The molecule has 0 atom stereocenters. The van der Waals surface area contributed by atoms with Gasteiger partial charge in [-0.25, -0.2) is 9.78 Å². The second kappa shape index (κ2) is 5.72. The van der Waals surface area contributed by atoms with Crippen molar-refractivity contribution < 1.29 is 9.90 Å². The van der Waals surface area contributed by atoms with Gasteiger partial charge in [-0.2, -0.15) is 0 Å². The molecule has 116 valence electrons. The van der Waals surface area contributed by atoms with Gasteiger partial charge in [0, 0.05) is 11.1 Å². The summed E-state index contributed by atoms with van der Waals surface area (Å²) in [6.45, 7) is 6.12. The third kappa shape index (κ3) is 3.01. The van der Waals surface area contributed by atoms with Crippen LogP contribution in [0.3, 0.4) is 0 Å². The molecule has 4 heteroatoms. The molecule has 0 amide bonds. The second-order valence-corrected chi connectivity index (χ2v) is 5.80. The lowest BCUT2D eigenvalue weighted by Crippen LogP contribution is -2.03. The molecular weight excluding hydrogens is 288 g/mol. The molecule has 0 radical (unpaired) electrons. The van der Waals surface area contributed by atoms with Gasteiger partial charge in [0.25, 0.3) is 0 Å². The number of carboxylic acids is 1. The highest BCUT2D eigenvalue weighted by Gasteiger charge is 2.11. The van der Waals surface area contributed by atoms with E-state index in [0.717, 1.165) is 22.3 Å². The number of fused-ring (bicyclic) bond motifs is 1. The number of pyridine rings is 1. The molecular formula is C19H18N2O2. The molecule has 0 saturated heterocycles. The van der Waals surface area contributed by atoms with E-state index in [9.17, 15) is 9.90 Å². The summed E-state index contributed by atoms with van der Waals surface area (Å²) in [5.74, 6) is -1.03. The Labute approximate surface area is 134 Å². The molecule has 1 heterocycles. The molecule has 2 N–H and O–H groups in total. The lowest BCUT2D eigenvalue weighted by molar-refractivity contribution is 0.0691. The maximum absolute atomic E-state index is 11.3. The van der Waals surface area contributed by atoms with Crippen molar-refractivity contribution in [3.8, 4) is 0 Å². The zero-order valence-electron chi connectivity index (χ0n) is 13.3. The number of hydrogen-bond donors (Lipinski definition) is 2. The van der Waals surface area contributed by atoms with Crippen LogP contribution < -0.4 is 5.32 Å². The molecule has 1 aromatic heterocycles. The van der Waals surface area contributed by atoms with E-state index in [1.807, 2.05) is 37.3 Å². The standard InChI is InChI=1S/C19H18N2O2/c1-11-4-7-16-15(8-11)17(10-18(21-16)19(22)23)20-14-6-5-12(2)13(3)9-14/h4-10H,1-3H3,(H,20,21)(H,22,23). The van der Waals surface area contributed by atoms with Crippen molar-refractivity contribution in [2.24, 2.45) is 0 Å². The summed E-state index contributed by atoms with van der Waals surface area (Å²) in [5.41, 5.74) is 5.89. The minimum absolute atomic E-state index is 0.0349. The topological polar surface area (TPSA) is 62.2 Å². The summed E-state index contributed by atoms with van der Waals surface area (Å²) in [7, 11) is 0. The second-order valence-electron chi connectivity index (χ2n) is 5.80. The maximum atomic E-state index is 11.3. The number of benzene rings is 2. The Kier molecular flexibility index (Phi) is 3.74. The van der Waals surface area contributed by atoms with E-state index in [1.165, 1.54) is 11.1 Å². The molecule has 0 fully saturated rings. The first-order valence-electron chi connectivity index (χ1n) is 7.43. The Morgan fingerprint density at radius 3 is 2.48 bits per heavy atom. The molecule has 2 aromatic carbocycles. The van der Waals surface area contributed by atoms with Gasteiger partial charge in [0.1, 0.15) is 0 Å². The Balaban J connectivity index is 2.15. The van der Waals surface area contributed by atoms with Crippen molar-refractivity contribution in [3.63, 3.8) is 0 Å². The SMILES string of the molecule is Cc1ccc2nc(C(=O)O)cc(Nc3ccc(C)c(C)c3)c2c1. The van der Waals surface area contributed by atoms with Gasteiger partial charge in [-0.1, -0.05) is 17.7 Å². The molecule has 3 aromatic rings. The van der Waals surface area contributed by atoms with Crippen LogP contribution in [0, 0.1) is 20.8 Å². The molecule has 3 rings (SSSR count). The molecule has 0 aliphatic rings. The third-order valence-corrected chi connectivity index (χ3v) is 3.97. The van der Waals surface area contributed by atoms with E-state index in [0.29, 0.717) is 5.52 Å². The van der Waals surface area contributed by atoms with Gasteiger partial charge < -0.3 is 10.4 Å². The quantitative estimate of drug-likeness (QED) is 0.742. The number of nitrogens with one attached hydrogen (secondary N) is 1. The van der Waals surface area contributed by atoms with Gasteiger partial charge in [-0.3, -0.25) is 0 Å². The molecule has 0 bridgehead atoms. The van der Waals surface area contributed by atoms with Gasteiger partial charge in [0.05, 0.1) is 11.2 Å². The first kappa shape index (κ1) is 15.0. The molecule has 0 aliphatic heterocycles. The van der Waals surface area contributed by atoms with Gasteiger partial charge in [0.2, 0.25) is 0 Å². The van der Waals surface area contributed by atoms with Crippen LogP contribution in [-0.4, -0.2) is 16.1 Å². The van der Waals surface area contributed by atoms with Crippen LogP contribution in [0.1, 0.15) is 27.2 Å². The van der Waals surface area contributed by atoms with E-state index >= 15 is 0 Å². The summed E-state index contributed by atoms with van der Waals surface area (Å²) in [5, 5.41) is 13.5. The third-order valence-electron chi connectivity index (χ3n) is 3.97. The highest BCUT2D eigenvalue weighted by molar-refractivity contribution is 5.98. The fourth-order valence-electron chi connectivity index (χ4n) is 2.53. The monoisotopic (exact) mass is 306 g/mol. The minimum atomic E-state index is -1.03. The van der Waals surface area contributed by atoms with Crippen molar-refractivity contribution in [1.82, 2.24) is 4.98 Å². The summed E-state index contributed by atoms with van der Waals surface area (Å²) in [6.07, 6.45) is 0. The number of hydrogen-bond acceptors (Lipinski definition) is 3. The van der Waals surface area contributed by atoms with Crippen molar-refractivity contribution in [2.75, 3.05) is 5.32 Å². The highest BCUT2D eigenvalue weighted by Crippen LogP contribution is 2.28. The average Bonchev–Trinajstić information content (AvgIpc) is 2.51. The number of carboxylic acid groups (broad SMARTS) is 1. The van der Waals surface area contributed by atoms with E-state index in [1.54, 1.807) is 6.07 Å². The molecule has 4 nitrogen and oxygen atoms in total. The van der Waals surface area contributed by atoms with E-state index in [-0.39, 0.29) is 5.69 Å². The van der Waals surface area contributed by atoms with Gasteiger partial charge >= 0.3 is 5.97 Å². The smallest absolute Gasteiger partial charge is 0.354 e. The van der Waals surface area contributed by atoms with Crippen LogP contribution in [-0.2, 0) is 0 Å². The zero-order valence-corrected chi connectivity index (χ0v) is 13.3. The van der Waals surface area contributed by atoms with Crippen molar-refractivity contribution in [3.05, 3.63) is 64.8 Å². The Morgan fingerprint density at radius 2 is 1.78 bits per heavy atom. The zero-order chi connectivity index (χ0) is 16.6. The Morgan fingerprint density at radius 1 is 1.00 bits per heavy atom. The van der Waals surface area contributed by atoms with Crippen LogP contribution in [0.25, 0.3) is 10.9 Å². The predicted octanol–water partition coefficient (Wildman–Crippen LogP) is 4.60. The summed E-state index contributed by atoms with van der Waals surface area (Å²) in [6, 6.07) is 13.5. The highest BCUT2D eigenvalue weighted by atomic mass is 16.4. The van der Waals surface area contributed by atoms with E-state index < -0.39 is 5.97 Å². The maximum Gasteiger partial charge on any atom is 0.354 e. The van der Waals surface area contributed by atoms with Crippen LogP contribution >= 0.6 is 0 Å². The van der Waals surface area contributed by atoms with Crippen molar-refractivity contribution in [1.29, 1.82) is 0 Å². The number of anilines is 2. The summed E-state index contributed by atoms with van der Waals surface area (Å²) in [4.78, 5) is 15.5. The lowest BCUT2D eigenvalue weighted by Gasteiger charge is -2.12. The fourth-order valence-corrected chi connectivity index (χ4v) is 2.53. The minimum Gasteiger partial charge on any atom is -0.477 e. The number of aromatic carboxylic acids is 1. The van der Waals surface area contributed by atoms with Crippen LogP contribution in [0.4, 0.5) is 11.4 Å². The first-order valence-corrected chi connectivity index (χ1v) is 7.43. The van der Waals surface area contributed by atoms with Crippen LogP contribution in [0.5, 0.6) is 0 Å². The molecule has 0 spiro atoms. The number of carbonyl (C=O) groups is 1. The number of aromatic nitrogens is 1. The molecule has 23 heavy (non-hydrogen) atoms. The Hall–Kier alpha value is -2.88. The van der Waals surface area contributed by atoms with Gasteiger partial charge in [-0.15, -0.1) is 0 Å². The molecule has 0 unspecified atom stereocenters. The number of aryl methyl sites for hydroxylation is 3. The van der Waals surface area contributed by atoms with Crippen molar-refractivity contribution in [2.45, 2.75) is 20.8 Å². The number of nitrogens with zero attached hydrogens (tertiary/aromatic N) is 1. The van der Waals surface area contributed by atoms with Crippen LogP contribution in [0.15, 0.2) is 42.5 Å². The lowest BCUT2D eigenvalue weighted by atomic mass is 10.1. The number of rotatable bonds is 3. The molecule has 0 saturated carbocycles. The summed E-state index contributed by atoms with van der Waals surface area (Å²) >= 11 is 0. The van der Waals surface area contributed by atoms with Gasteiger partial charge in [-0.05, 0) is 62.2 Å². The largest absolute Gasteiger partial charge is 0.477 e. The van der Waals surface area contributed by atoms with E-state index in [2.05, 4.69) is 30.2 Å². The van der Waals surface area contributed by atoms with Gasteiger partial charge in [0.15, 0.2) is 5.69 Å². The first-order chi connectivity index (χ1) is 10.9. The summed E-state index contributed by atoms with van der Waals surface area (Å²) < 4.78 is 0. The normalized spacial score (nSPS) is 10.7. The molecule has 0 aliphatic carbocycles. The Bertz CT molecular complexity index is 917. The van der Waals surface area contributed by atoms with Crippen molar-refractivity contribution >= 4 is 28.2 Å². The fraction of sp³-hybridized carbons (Fsp3) is 0.158. The van der Waals surface area contributed by atoms with E-state index in [4.69, 9.17) is 0 Å².